The Morgan fingerprint density at radius 3 is 1.33 bits per heavy atom. The summed E-state index contributed by atoms with van der Waals surface area (Å²) in [4.78, 5) is 49.4. The minimum atomic E-state index is -0.995. The third-order valence-corrected chi connectivity index (χ3v) is 13.5. The summed E-state index contributed by atoms with van der Waals surface area (Å²) in [5.41, 5.74) is 5.09. The zero-order valence-electron chi connectivity index (χ0n) is 48.2. The summed E-state index contributed by atoms with van der Waals surface area (Å²) >= 11 is 3.49. The summed E-state index contributed by atoms with van der Waals surface area (Å²) in [7, 11) is 2.57. The van der Waals surface area contributed by atoms with Crippen LogP contribution in [0.1, 0.15) is 153 Å². The molecular formula is C58H80BBrF2N2O12. The van der Waals surface area contributed by atoms with E-state index in [4.69, 9.17) is 37.7 Å². The van der Waals surface area contributed by atoms with E-state index in [0.717, 1.165) is 33.8 Å². The molecule has 0 aromatic heterocycles. The summed E-state index contributed by atoms with van der Waals surface area (Å²) in [6.07, 6.45) is -1.98. The van der Waals surface area contributed by atoms with Crippen LogP contribution < -0.4 is 25.6 Å². The highest BCUT2D eigenvalue weighted by atomic mass is 79.9. The summed E-state index contributed by atoms with van der Waals surface area (Å²) < 4.78 is 75.1. The molecule has 1 saturated heterocycles. The van der Waals surface area contributed by atoms with E-state index in [0.29, 0.717) is 16.6 Å². The summed E-state index contributed by atoms with van der Waals surface area (Å²) in [5, 5.41) is 5.27. The van der Waals surface area contributed by atoms with Crippen molar-refractivity contribution in [3.05, 3.63) is 109 Å². The fraction of sp³-hybridized carbons (Fsp3) is 0.517. The van der Waals surface area contributed by atoms with Gasteiger partial charge in [-0.05, 0) is 211 Å². The Morgan fingerprint density at radius 1 is 0.592 bits per heavy atom. The monoisotopic (exact) mass is 1120 g/mol. The number of nitrogens with one attached hydrogen (secondary N) is 2. The zero-order chi connectivity index (χ0) is 57.8. The fourth-order valence-corrected chi connectivity index (χ4v) is 8.29. The molecule has 0 unspecified atom stereocenters. The second kappa shape index (κ2) is 27.1. The lowest BCUT2D eigenvalue weighted by Crippen LogP contribution is -2.41. The van der Waals surface area contributed by atoms with Crippen molar-refractivity contribution in [1.82, 2.24) is 10.6 Å². The van der Waals surface area contributed by atoms with Crippen LogP contribution in [0, 0.1) is 53.2 Å². The van der Waals surface area contributed by atoms with Crippen molar-refractivity contribution in [2.45, 2.75) is 172 Å². The molecule has 14 nitrogen and oxygen atoms in total. The van der Waals surface area contributed by atoms with Crippen LogP contribution in [0.2, 0.25) is 0 Å². The van der Waals surface area contributed by atoms with Gasteiger partial charge in [0.15, 0.2) is 0 Å². The lowest BCUT2D eigenvalue weighted by atomic mass is 9.76. The van der Waals surface area contributed by atoms with Crippen molar-refractivity contribution >= 4 is 52.6 Å². The first kappa shape index (κ1) is 64.6. The van der Waals surface area contributed by atoms with E-state index < -0.39 is 77.4 Å². The Hall–Kier alpha value is -5.72. The molecule has 0 bridgehead atoms. The van der Waals surface area contributed by atoms with E-state index in [-0.39, 0.29) is 37.2 Å². The Bertz CT molecular complexity index is 2640. The van der Waals surface area contributed by atoms with Crippen LogP contribution in [0.4, 0.5) is 18.4 Å². The number of carbonyl (C=O) groups is 4. The normalized spacial score (nSPS) is 14.4. The van der Waals surface area contributed by atoms with Gasteiger partial charge in [0.2, 0.25) is 0 Å². The molecule has 1 heterocycles. The van der Waals surface area contributed by atoms with Crippen LogP contribution >= 0.6 is 15.9 Å². The predicted octanol–water partition coefficient (Wildman–Crippen LogP) is 13.0. The summed E-state index contributed by atoms with van der Waals surface area (Å²) in [6.45, 7) is 33.1. The molecule has 1 aliphatic heterocycles. The molecule has 0 saturated carbocycles. The maximum Gasteiger partial charge on any atom is 0.494 e. The average Bonchev–Trinajstić information content (AvgIpc) is 3.51. The van der Waals surface area contributed by atoms with Gasteiger partial charge in [0.25, 0.3) is 0 Å². The zero-order valence-corrected chi connectivity index (χ0v) is 49.8. The van der Waals surface area contributed by atoms with Crippen molar-refractivity contribution < 1.29 is 65.7 Å². The molecule has 0 radical (unpaired) electrons. The van der Waals surface area contributed by atoms with Gasteiger partial charge in [0, 0.05) is 15.6 Å². The van der Waals surface area contributed by atoms with Gasteiger partial charge in [-0.25, -0.2) is 18.4 Å². The van der Waals surface area contributed by atoms with E-state index >= 15 is 8.78 Å². The van der Waals surface area contributed by atoms with Gasteiger partial charge in [0.05, 0.1) is 63.6 Å². The Morgan fingerprint density at radius 2 is 0.961 bits per heavy atom. The first-order chi connectivity index (χ1) is 35.1. The SMILES string of the molecule is CCOC(=O)C[C@H](NC(=O)OC(C)(C)C)c1cc(-c2c(C)cc(OC)cc2C)cc(C)c1F.CCOC(=O)C[C@H](NC(=O)OC(C)(C)C)c1cc(B2OC(C)(C)C(C)(C)O2)cc(C)c1F.COc1cc(C)c(Br)c(C)c1. The minimum Gasteiger partial charge on any atom is -0.497 e. The Labute approximate surface area is 458 Å². The van der Waals surface area contributed by atoms with Crippen LogP contribution in [-0.2, 0) is 37.8 Å². The summed E-state index contributed by atoms with van der Waals surface area (Å²) in [6, 6.07) is 12.5. The van der Waals surface area contributed by atoms with Crippen LogP contribution in [0.25, 0.3) is 11.1 Å². The van der Waals surface area contributed by atoms with Crippen molar-refractivity contribution in [1.29, 1.82) is 0 Å². The van der Waals surface area contributed by atoms with Crippen LogP contribution in [0.3, 0.4) is 0 Å². The second-order valence-electron chi connectivity index (χ2n) is 21.7. The van der Waals surface area contributed by atoms with Crippen molar-refractivity contribution in [3.8, 4) is 22.6 Å². The lowest BCUT2D eigenvalue weighted by molar-refractivity contribution is -0.144. The number of aryl methyl sites for hydroxylation is 6. The fourth-order valence-electron chi connectivity index (χ4n) is 8.06. The molecule has 2 amide bonds. The number of halogens is 3. The predicted molar refractivity (Wildman–Crippen MR) is 296 cm³/mol. The molecule has 76 heavy (non-hydrogen) atoms. The first-order valence-electron chi connectivity index (χ1n) is 25.3. The van der Waals surface area contributed by atoms with E-state index in [1.807, 2.05) is 65.8 Å². The second-order valence-corrected chi connectivity index (χ2v) is 22.4. The number of hydrogen-bond donors (Lipinski definition) is 2. The maximum atomic E-state index is 15.3. The van der Waals surface area contributed by atoms with Gasteiger partial charge < -0.3 is 48.4 Å². The molecule has 1 aliphatic rings. The van der Waals surface area contributed by atoms with Gasteiger partial charge in [-0.15, -0.1) is 0 Å². The van der Waals surface area contributed by atoms with E-state index in [1.165, 1.54) is 15.6 Å². The van der Waals surface area contributed by atoms with Gasteiger partial charge in [-0.3, -0.25) is 9.59 Å². The average molecular weight is 1130 g/mol. The molecule has 0 spiro atoms. The molecule has 5 rings (SSSR count). The van der Waals surface area contributed by atoms with E-state index in [1.54, 1.807) is 108 Å². The molecule has 18 heteroatoms. The first-order valence-corrected chi connectivity index (χ1v) is 26.1. The van der Waals surface area contributed by atoms with E-state index in [9.17, 15) is 19.2 Å². The Balaban J connectivity index is 0.000000333. The number of amides is 2. The van der Waals surface area contributed by atoms with Gasteiger partial charge in [0.1, 0.15) is 34.3 Å². The minimum absolute atomic E-state index is 0.133. The lowest BCUT2D eigenvalue weighted by Gasteiger charge is -2.32. The van der Waals surface area contributed by atoms with Crippen molar-refractivity contribution in [2.24, 2.45) is 0 Å². The third kappa shape index (κ3) is 18.5. The quantitative estimate of drug-likeness (QED) is 0.0698. The summed E-state index contributed by atoms with van der Waals surface area (Å²) in [5.74, 6) is -0.476. The number of carbonyl (C=O) groups excluding carboxylic acids is 4. The van der Waals surface area contributed by atoms with Gasteiger partial charge in [-0.2, -0.15) is 0 Å². The maximum absolute atomic E-state index is 15.3. The topological polar surface area (TPSA) is 166 Å². The number of rotatable bonds is 14. The molecule has 418 valence electrons. The molecule has 2 atom stereocenters. The number of ether oxygens (including phenoxy) is 6. The number of benzene rings is 4. The molecule has 0 aliphatic carbocycles. The van der Waals surface area contributed by atoms with Gasteiger partial charge in [-0.1, -0.05) is 28.1 Å². The molecule has 2 N–H and O–H groups in total. The Kier molecular flexibility index (Phi) is 23.0. The number of methoxy groups -OCH3 is 2. The highest BCUT2D eigenvalue weighted by molar-refractivity contribution is 9.10. The number of alkyl carbamates (subject to hydrolysis) is 2. The third-order valence-electron chi connectivity index (χ3n) is 12.3. The molecule has 4 aromatic carbocycles. The van der Waals surface area contributed by atoms with Crippen molar-refractivity contribution in [3.63, 3.8) is 0 Å². The smallest absolute Gasteiger partial charge is 0.494 e. The highest BCUT2D eigenvalue weighted by Gasteiger charge is 2.52. The highest BCUT2D eigenvalue weighted by Crippen LogP contribution is 2.38. The van der Waals surface area contributed by atoms with Crippen LogP contribution in [0.15, 0.2) is 53.0 Å². The molecule has 4 aromatic rings. The molecule has 1 fully saturated rings. The number of esters is 2. The standard InChI is InChI=1S/C26H34FNO5.C23H35BFNO6.C9H11BrO/c1-9-32-22(29)14-21(28-25(30)33-26(5,6)7)20-13-18(10-17(4)24(20)27)23-15(2)11-19(31-8)12-16(23)3;1-10-29-18(27)13-17(26-20(28)30-21(3,4)5)16-12-15(11-14(2)19(16)25)24-31-22(6,7)23(8,9)32-24;1-6-4-8(11-3)5-7(2)9(6)10/h10-13,21H,9,14H2,1-8H3,(H,28,30);11-12,17H,10,13H2,1-9H3,(H,26,28);4-5H,1-3H3/t21-;17-;/m00./s1. The largest absolute Gasteiger partial charge is 0.497 e. The van der Waals surface area contributed by atoms with E-state index in [2.05, 4.69) is 40.4 Å². The molecular weight excluding hydrogens is 1050 g/mol. The van der Waals surface area contributed by atoms with Crippen LogP contribution in [0.5, 0.6) is 11.5 Å². The van der Waals surface area contributed by atoms with Gasteiger partial charge >= 0.3 is 31.2 Å². The number of hydrogen-bond acceptors (Lipinski definition) is 12. The van der Waals surface area contributed by atoms with Crippen LogP contribution in [-0.4, -0.2) is 81.1 Å². The van der Waals surface area contributed by atoms with Crippen molar-refractivity contribution in [2.75, 3.05) is 27.4 Å².